The molecule has 0 aliphatic heterocycles. The van der Waals surface area contributed by atoms with Gasteiger partial charge in [-0.3, -0.25) is 0 Å². The van der Waals surface area contributed by atoms with Crippen LogP contribution in [-0.2, 0) is 0 Å². The Morgan fingerprint density at radius 2 is 1.95 bits per heavy atom. The van der Waals surface area contributed by atoms with E-state index in [0.29, 0.717) is 5.56 Å². The Bertz CT molecular complexity index is 604. The minimum absolute atomic E-state index is 0.0451. The van der Waals surface area contributed by atoms with Crippen molar-refractivity contribution < 1.29 is 13.5 Å². The molecule has 0 saturated heterocycles. The predicted molar refractivity (Wildman–Crippen MR) is 70.4 cm³/mol. The first-order chi connectivity index (χ1) is 9.04. The molecule has 100 valence electrons. The third-order valence-electron chi connectivity index (χ3n) is 2.85. The van der Waals surface area contributed by atoms with Gasteiger partial charge in [0.15, 0.2) is 11.6 Å². The smallest absolute Gasteiger partial charge is 0.170 e. The van der Waals surface area contributed by atoms with Crippen LogP contribution in [0.15, 0.2) is 36.4 Å². The molecule has 0 spiro atoms. The fourth-order valence-corrected chi connectivity index (χ4v) is 2.00. The van der Waals surface area contributed by atoms with Crippen molar-refractivity contribution in [1.29, 1.82) is 0 Å². The van der Waals surface area contributed by atoms with Gasteiger partial charge in [-0.25, -0.2) is 8.78 Å². The van der Waals surface area contributed by atoms with Gasteiger partial charge in [-0.1, -0.05) is 29.8 Å². The van der Waals surface area contributed by atoms with Crippen LogP contribution in [0.25, 0.3) is 0 Å². The van der Waals surface area contributed by atoms with Crippen molar-refractivity contribution in [2.24, 2.45) is 5.73 Å². The van der Waals surface area contributed by atoms with Crippen molar-refractivity contribution >= 4 is 11.6 Å². The van der Waals surface area contributed by atoms with E-state index in [1.807, 2.05) is 0 Å². The molecule has 19 heavy (non-hydrogen) atoms. The lowest BCUT2D eigenvalue weighted by molar-refractivity contribution is 0.383. The van der Waals surface area contributed by atoms with Crippen LogP contribution in [0.2, 0.25) is 5.02 Å². The van der Waals surface area contributed by atoms with E-state index in [2.05, 4.69) is 0 Å². The zero-order valence-corrected chi connectivity index (χ0v) is 10.9. The lowest BCUT2D eigenvalue weighted by Gasteiger charge is -2.15. The Morgan fingerprint density at radius 1 is 1.21 bits per heavy atom. The number of benzene rings is 2. The fourth-order valence-electron chi connectivity index (χ4n) is 1.81. The second-order valence-corrected chi connectivity index (χ2v) is 4.42. The average Bonchev–Trinajstić information content (AvgIpc) is 2.41. The predicted octanol–water partition coefficient (Wildman–Crippen LogP) is 3.67. The summed E-state index contributed by atoms with van der Waals surface area (Å²) in [6.45, 7) is 0. The van der Waals surface area contributed by atoms with E-state index >= 15 is 0 Å². The van der Waals surface area contributed by atoms with E-state index in [-0.39, 0.29) is 16.3 Å². The van der Waals surface area contributed by atoms with Crippen LogP contribution < -0.4 is 10.5 Å². The first-order valence-corrected chi connectivity index (χ1v) is 5.95. The standard InChI is InChI=1S/C14H12ClF2NO/c1-19-12-4-2-3-9(13(12)17)14(18)8-5-6-11(16)10(15)7-8/h2-7,14H,18H2,1H3. The molecule has 1 atom stereocenters. The van der Waals surface area contributed by atoms with E-state index < -0.39 is 17.7 Å². The highest BCUT2D eigenvalue weighted by atomic mass is 35.5. The number of hydrogen-bond donors (Lipinski definition) is 1. The van der Waals surface area contributed by atoms with Crippen LogP contribution in [-0.4, -0.2) is 7.11 Å². The Morgan fingerprint density at radius 3 is 2.58 bits per heavy atom. The van der Waals surface area contributed by atoms with Gasteiger partial charge in [-0.05, 0) is 23.8 Å². The Balaban J connectivity index is 2.43. The minimum Gasteiger partial charge on any atom is -0.494 e. The third-order valence-corrected chi connectivity index (χ3v) is 3.14. The maximum Gasteiger partial charge on any atom is 0.170 e. The number of rotatable bonds is 3. The molecule has 2 nitrogen and oxygen atoms in total. The molecule has 0 bridgehead atoms. The van der Waals surface area contributed by atoms with Crippen LogP contribution in [0, 0.1) is 11.6 Å². The van der Waals surface area contributed by atoms with Crippen LogP contribution in [0.4, 0.5) is 8.78 Å². The molecule has 0 radical (unpaired) electrons. The summed E-state index contributed by atoms with van der Waals surface area (Å²) in [4.78, 5) is 0. The van der Waals surface area contributed by atoms with Gasteiger partial charge >= 0.3 is 0 Å². The highest BCUT2D eigenvalue weighted by molar-refractivity contribution is 6.30. The quantitative estimate of drug-likeness (QED) is 0.933. The van der Waals surface area contributed by atoms with Gasteiger partial charge in [0.05, 0.1) is 18.2 Å². The van der Waals surface area contributed by atoms with E-state index in [1.54, 1.807) is 12.1 Å². The topological polar surface area (TPSA) is 35.2 Å². The normalized spacial score (nSPS) is 12.3. The summed E-state index contributed by atoms with van der Waals surface area (Å²) in [5.74, 6) is -0.956. The largest absolute Gasteiger partial charge is 0.494 e. The van der Waals surface area contributed by atoms with Crippen molar-refractivity contribution in [2.75, 3.05) is 7.11 Å². The van der Waals surface area contributed by atoms with Crippen molar-refractivity contribution in [3.05, 3.63) is 64.2 Å². The third kappa shape index (κ3) is 2.69. The Kier molecular flexibility index (Phi) is 4.02. The van der Waals surface area contributed by atoms with Gasteiger partial charge in [0.25, 0.3) is 0 Å². The number of hydrogen-bond acceptors (Lipinski definition) is 2. The first kappa shape index (κ1) is 13.8. The van der Waals surface area contributed by atoms with Gasteiger partial charge in [0.1, 0.15) is 5.82 Å². The molecular formula is C14H12ClF2NO. The van der Waals surface area contributed by atoms with E-state index in [0.717, 1.165) is 0 Å². The molecule has 0 fully saturated rings. The van der Waals surface area contributed by atoms with E-state index in [4.69, 9.17) is 22.1 Å². The Labute approximate surface area is 114 Å². The van der Waals surface area contributed by atoms with Gasteiger partial charge in [-0.2, -0.15) is 0 Å². The number of nitrogens with two attached hydrogens (primary N) is 1. The number of halogens is 3. The minimum atomic E-state index is -0.742. The van der Waals surface area contributed by atoms with Crippen LogP contribution >= 0.6 is 11.6 Å². The summed E-state index contributed by atoms with van der Waals surface area (Å²) in [5.41, 5.74) is 6.78. The maximum atomic E-state index is 14.1. The van der Waals surface area contributed by atoms with Gasteiger partial charge < -0.3 is 10.5 Å². The second-order valence-electron chi connectivity index (χ2n) is 4.01. The molecule has 0 aliphatic rings. The molecule has 0 aliphatic carbocycles. The zero-order valence-electron chi connectivity index (χ0n) is 10.2. The SMILES string of the molecule is COc1cccc(C(N)c2ccc(F)c(Cl)c2)c1F. The monoisotopic (exact) mass is 283 g/mol. The van der Waals surface area contributed by atoms with E-state index in [1.165, 1.54) is 31.4 Å². The average molecular weight is 284 g/mol. The van der Waals surface area contributed by atoms with Crippen molar-refractivity contribution in [3.8, 4) is 5.75 Å². The zero-order chi connectivity index (χ0) is 14.0. The lowest BCUT2D eigenvalue weighted by atomic mass is 9.99. The van der Waals surface area contributed by atoms with Gasteiger partial charge in [0, 0.05) is 5.56 Å². The van der Waals surface area contributed by atoms with Gasteiger partial charge in [0.2, 0.25) is 0 Å². The number of methoxy groups -OCH3 is 1. The molecule has 0 aromatic heterocycles. The fraction of sp³-hybridized carbons (Fsp3) is 0.143. The second kappa shape index (κ2) is 5.55. The summed E-state index contributed by atoms with van der Waals surface area (Å²) in [6, 6.07) is 8.03. The summed E-state index contributed by atoms with van der Waals surface area (Å²) in [7, 11) is 1.38. The van der Waals surface area contributed by atoms with Crippen molar-refractivity contribution in [2.45, 2.75) is 6.04 Å². The Hall–Kier alpha value is -1.65. The van der Waals surface area contributed by atoms with Crippen LogP contribution in [0.1, 0.15) is 17.2 Å². The molecule has 0 saturated carbocycles. The summed E-state index contributed by atoms with van der Waals surface area (Å²) in [6.07, 6.45) is 0. The molecule has 1 unspecified atom stereocenters. The summed E-state index contributed by atoms with van der Waals surface area (Å²) in [5, 5.41) is -0.0451. The summed E-state index contributed by atoms with van der Waals surface area (Å²) >= 11 is 5.69. The molecule has 2 N–H and O–H groups in total. The lowest BCUT2D eigenvalue weighted by Crippen LogP contribution is -2.14. The first-order valence-electron chi connectivity index (χ1n) is 5.57. The van der Waals surface area contributed by atoms with Crippen LogP contribution in [0.3, 0.4) is 0 Å². The molecular weight excluding hydrogens is 272 g/mol. The molecule has 2 rings (SSSR count). The van der Waals surface area contributed by atoms with Crippen molar-refractivity contribution in [1.82, 2.24) is 0 Å². The summed E-state index contributed by atoms with van der Waals surface area (Å²) < 4.78 is 32.1. The highest BCUT2D eigenvalue weighted by Gasteiger charge is 2.17. The maximum absolute atomic E-state index is 14.1. The molecule has 2 aromatic rings. The molecule has 0 heterocycles. The number of ether oxygens (including phenoxy) is 1. The molecule has 0 amide bonds. The highest BCUT2D eigenvalue weighted by Crippen LogP contribution is 2.29. The molecule has 5 heteroatoms. The van der Waals surface area contributed by atoms with Crippen LogP contribution in [0.5, 0.6) is 5.75 Å². The van der Waals surface area contributed by atoms with Crippen molar-refractivity contribution in [3.63, 3.8) is 0 Å². The molecule has 2 aromatic carbocycles. The van der Waals surface area contributed by atoms with E-state index in [9.17, 15) is 8.78 Å². The van der Waals surface area contributed by atoms with Gasteiger partial charge in [-0.15, -0.1) is 0 Å².